The van der Waals surface area contributed by atoms with Gasteiger partial charge in [0.05, 0.1) is 23.2 Å². The third kappa shape index (κ3) is 4.39. The maximum atomic E-state index is 12.2. The van der Waals surface area contributed by atoms with E-state index >= 15 is 0 Å². The van der Waals surface area contributed by atoms with Crippen LogP contribution in [0.15, 0.2) is 30.3 Å². The number of anilines is 1. The second-order valence-corrected chi connectivity index (χ2v) is 8.55. The van der Waals surface area contributed by atoms with Crippen LogP contribution in [0.2, 0.25) is 0 Å². The first kappa shape index (κ1) is 17.5. The van der Waals surface area contributed by atoms with E-state index in [0.29, 0.717) is 18.0 Å². The highest BCUT2D eigenvalue weighted by atomic mass is 32.2. The minimum absolute atomic E-state index is 0.0524. The Bertz CT molecular complexity index is 889. The van der Waals surface area contributed by atoms with Gasteiger partial charge in [0, 0.05) is 6.07 Å². The quantitative estimate of drug-likeness (QED) is 0.876. The van der Waals surface area contributed by atoms with E-state index in [1.165, 1.54) is 0 Å². The maximum Gasteiger partial charge on any atom is 0.263 e. The molecule has 8 heteroatoms. The standard InChI is InChI=1S/C17H21N3O4S/c1-12-4-3-5-15(8-12)24-10-17(21)18-16-9-13(2)19-20(16)14-6-7-25(22,23)11-14/h3-5,8-9,14H,6-7,10-11H2,1-2H3,(H,18,21). The van der Waals surface area contributed by atoms with E-state index in [0.717, 1.165) is 11.3 Å². The number of benzene rings is 1. The molecule has 1 N–H and O–H groups in total. The van der Waals surface area contributed by atoms with Crippen molar-refractivity contribution >= 4 is 21.6 Å². The summed E-state index contributed by atoms with van der Waals surface area (Å²) in [6, 6.07) is 8.94. The number of aromatic nitrogens is 2. The van der Waals surface area contributed by atoms with Gasteiger partial charge in [0.25, 0.3) is 5.91 Å². The van der Waals surface area contributed by atoms with Gasteiger partial charge in [-0.25, -0.2) is 13.1 Å². The van der Waals surface area contributed by atoms with E-state index in [1.807, 2.05) is 25.1 Å². The molecule has 0 saturated carbocycles. The molecule has 0 spiro atoms. The van der Waals surface area contributed by atoms with E-state index in [-0.39, 0.29) is 30.1 Å². The lowest BCUT2D eigenvalue weighted by Crippen LogP contribution is -2.23. The molecule has 1 fully saturated rings. The molecule has 1 aliphatic rings. The first-order valence-corrected chi connectivity index (χ1v) is 9.90. The molecule has 1 saturated heterocycles. The fraction of sp³-hybridized carbons (Fsp3) is 0.412. The van der Waals surface area contributed by atoms with Crippen molar-refractivity contribution in [1.29, 1.82) is 0 Å². The van der Waals surface area contributed by atoms with Crippen LogP contribution >= 0.6 is 0 Å². The number of nitrogens with one attached hydrogen (secondary N) is 1. The highest BCUT2D eigenvalue weighted by molar-refractivity contribution is 7.91. The lowest BCUT2D eigenvalue weighted by molar-refractivity contribution is -0.118. The predicted octanol–water partition coefficient (Wildman–Crippen LogP) is 1.88. The molecule has 1 unspecified atom stereocenters. The average Bonchev–Trinajstić information content (AvgIpc) is 3.07. The second kappa shape index (κ2) is 6.87. The molecule has 134 valence electrons. The number of aryl methyl sites for hydroxylation is 2. The van der Waals surface area contributed by atoms with Crippen LogP contribution in [0.1, 0.15) is 23.7 Å². The van der Waals surface area contributed by atoms with E-state index in [2.05, 4.69) is 10.4 Å². The lowest BCUT2D eigenvalue weighted by atomic mass is 10.2. The van der Waals surface area contributed by atoms with Gasteiger partial charge in [-0.3, -0.25) is 4.79 Å². The van der Waals surface area contributed by atoms with Crippen LogP contribution in [0, 0.1) is 13.8 Å². The smallest absolute Gasteiger partial charge is 0.263 e. The van der Waals surface area contributed by atoms with E-state index < -0.39 is 9.84 Å². The van der Waals surface area contributed by atoms with Gasteiger partial charge >= 0.3 is 0 Å². The number of hydrogen-bond donors (Lipinski definition) is 1. The fourth-order valence-corrected chi connectivity index (χ4v) is 4.58. The molecule has 25 heavy (non-hydrogen) atoms. The third-order valence-corrected chi connectivity index (χ3v) is 5.79. The Balaban J connectivity index is 1.65. The Kier molecular flexibility index (Phi) is 4.80. The van der Waals surface area contributed by atoms with Crippen LogP contribution in [0.25, 0.3) is 0 Å². The maximum absolute atomic E-state index is 12.2. The average molecular weight is 363 g/mol. The predicted molar refractivity (Wildman–Crippen MR) is 94.6 cm³/mol. The number of sulfone groups is 1. The Morgan fingerprint density at radius 2 is 2.16 bits per heavy atom. The molecular formula is C17H21N3O4S. The van der Waals surface area contributed by atoms with Gasteiger partial charge in [0.15, 0.2) is 16.4 Å². The van der Waals surface area contributed by atoms with Crippen LogP contribution in [-0.4, -0.2) is 42.2 Å². The van der Waals surface area contributed by atoms with E-state index in [1.54, 1.807) is 23.7 Å². The Hall–Kier alpha value is -2.35. The van der Waals surface area contributed by atoms with Crippen LogP contribution in [-0.2, 0) is 14.6 Å². The molecule has 0 radical (unpaired) electrons. The molecule has 1 atom stereocenters. The van der Waals surface area contributed by atoms with Crippen LogP contribution < -0.4 is 10.1 Å². The van der Waals surface area contributed by atoms with Gasteiger partial charge in [0.2, 0.25) is 0 Å². The largest absolute Gasteiger partial charge is 0.484 e. The van der Waals surface area contributed by atoms with Crippen LogP contribution in [0.3, 0.4) is 0 Å². The van der Waals surface area contributed by atoms with Crippen molar-refractivity contribution in [3.05, 3.63) is 41.6 Å². The zero-order valence-electron chi connectivity index (χ0n) is 14.2. The summed E-state index contributed by atoms with van der Waals surface area (Å²) < 4.78 is 30.5. The third-order valence-electron chi connectivity index (χ3n) is 4.04. The van der Waals surface area contributed by atoms with E-state index in [9.17, 15) is 13.2 Å². The molecule has 1 aromatic carbocycles. The van der Waals surface area contributed by atoms with Crippen molar-refractivity contribution in [1.82, 2.24) is 9.78 Å². The molecule has 0 aliphatic carbocycles. The summed E-state index contributed by atoms with van der Waals surface area (Å²) in [6.45, 7) is 3.62. The molecule has 1 aliphatic heterocycles. The number of hydrogen-bond acceptors (Lipinski definition) is 5. The number of nitrogens with zero attached hydrogens (tertiary/aromatic N) is 2. The minimum Gasteiger partial charge on any atom is -0.484 e. The normalized spacial score (nSPS) is 18.9. The summed E-state index contributed by atoms with van der Waals surface area (Å²) in [6.07, 6.45) is 0.506. The van der Waals surface area contributed by atoms with Gasteiger partial charge < -0.3 is 10.1 Å². The monoisotopic (exact) mass is 363 g/mol. The number of carbonyl (C=O) groups excluding carboxylic acids is 1. The van der Waals surface area contributed by atoms with Gasteiger partial charge in [0.1, 0.15) is 11.6 Å². The summed E-state index contributed by atoms with van der Waals surface area (Å²) >= 11 is 0. The van der Waals surface area contributed by atoms with Crippen molar-refractivity contribution in [3.63, 3.8) is 0 Å². The molecule has 3 rings (SSSR count). The SMILES string of the molecule is Cc1cccc(OCC(=O)Nc2cc(C)nn2C2CCS(=O)(=O)C2)c1. The summed E-state index contributed by atoms with van der Waals surface area (Å²) in [7, 11) is -3.03. The first-order chi connectivity index (χ1) is 11.8. The number of carbonyl (C=O) groups is 1. The Labute approximate surface area is 146 Å². The summed E-state index contributed by atoms with van der Waals surface area (Å²) in [5.74, 6) is 1.01. The summed E-state index contributed by atoms with van der Waals surface area (Å²) in [5, 5.41) is 7.10. The number of ether oxygens (including phenoxy) is 1. The van der Waals surface area contributed by atoms with Crippen molar-refractivity contribution in [2.75, 3.05) is 23.4 Å². The van der Waals surface area contributed by atoms with Crippen molar-refractivity contribution in [2.24, 2.45) is 0 Å². The second-order valence-electron chi connectivity index (χ2n) is 6.33. The molecule has 1 aromatic heterocycles. The highest BCUT2D eigenvalue weighted by Gasteiger charge is 2.31. The molecule has 7 nitrogen and oxygen atoms in total. The number of amides is 1. The Morgan fingerprint density at radius 1 is 1.36 bits per heavy atom. The first-order valence-electron chi connectivity index (χ1n) is 8.08. The highest BCUT2D eigenvalue weighted by Crippen LogP contribution is 2.27. The minimum atomic E-state index is -3.03. The van der Waals surface area contributed by atoms with Crippen molar-refractivity contribution in [3.8, 4) is 5.75 Å². The molecular weight excluding hydrogens is 342 g/mol. The zero-order chi connectivity index (χ0) is 18.0. The van der Waals surface area contributed by atoms with Gasteiger partial charge in [-0.15, -0.1) is 0 Å². The molecule has 2 heterocycles. The fourth-order valence-electron chi connectivity index (χ4n) is 2.89. The topological polar surface area (TPSA) is 90.3 Å². The van der Waals surface area contributed by atoms with Crippen LogP contribution in [0.4, 0.5) is 5.82 Å². The Morgan fingerprint density at radius 3 is 2.84 bits per heavy atom. The van der Waals surface area contributed by atoms with E-state index in [4.69, 9.17) is 4.74 Å². The van der Waals surface area contributed by atoms with Gasteiger partial charge in [-0.1, -0.05) is 12.1 Å². The lowest BCUT2D eigenvalue weighted by Gasteiger charge is -2.14. The van der Waals surface area contributed by atoms with Crippen molar-refractivity contribution < 1.29 is 17.9 Å². The number of rotatable bonds is 5. The van der Waals surface area contributed by atoms with Gasteiger partial charge in [-0.2, -0.15) is 5.10 Å². The van der Waals surface area contributed by atoms with Crippen molar-refractivity contribution in [2.45, 2.75) is 26.3 Å². The summed E-state index contributed by atoms with van der Waals surface area (Å²) in [5.41, 5.74) is 1.77. The summed E-state index contributed by atoms with van der Waals surface area (Å²) in [4.78, 5) is 12.2. The molecule has 0 bridgehead atoms. The zero-order valence-corrected chi connectivity index (χ0v) is 15.0. The molecule has 1 amide bonds. The van der Waals surface area contributed by atoms with Crippen LogP contribution in [0.5, 0.6) is 5.75 Å². The van der Waals surface area contributed by atoms with Gasteiger partial charge in [-0.05, 0) is 38.0 Å². The molecule has 2 aromatic rings.